The molecule has 0 unspecified atom stereocenters. The molecule has 0 aliphatic carbocycles. The average Bonchev–Trinajstić information content (AvgIpc) is 3.16. The number of benzene rings is 3. The van der Waals surface area contributed by atoms with Gasteiger partial charge in [-0.15, -0.1) is 0 Å². The molecule has 0 saturated carbocycles. The van der Waals surface area contributed by atoms with Crippen molar-refractivity contribution >= 4 is 0 Å². The predicted molar refractivity (Wildman–Crippen MR) is 123 cm³/mol. The first-order valence-electron chi connectivity index (χ1n) is 10.9. The van der Waals surface area contributed by atoms with Crippen LogP contribution in [0.2, 0.25) is 0 Å². The topological polar surface area (TPSA) is 57.2 Å². The zero-order valence-electron chi connectivity index (χ0n) is 18.5. The van der Waals surface area contributed by atoms with Gasteiger partial charge in [0.2, 0.25) is 0 Å². The van der Waals surface area contributed by atoms with E-state index in [0.29, 0.717) is 6.61 Å². The lowest BCUT2D eigenvalue weighted by Crippen LogP contribution is -2.40. The van der Waals surface area contributed by atoms with Gasteiger partial charge in [-0.25, -0.2) is 0 Å². The van der Waals surface area contributed by atoms with Gasteiger partial charge < -0.3 is 24.1 Å². The third-order valence-corrected chi connectivity index (χ3v) is 6.04. The molecule has 3 aromatic carbocycles. The van der Waals surface area contributed by atoms with E-state index in [4.69, 9.17) is 18.9 Å². The Morgan fingerprint density at radius 1 is 0.719 bits per heavy atom. The van der Waals surface area contributed by atoms with Crippen molar-refractivity contribution in [1.82, 2.24) is 0 Å². The fraction of sp³-hybridized carbons (Fsp3) is 0.333. The summed E-state index contributed by atoms with van der Waals surface area (Å²) in [5, 5.41) is 10.9. The van der Waals surface area contributed by atoms with Crippen LogP contribution in [-0.2, 0) is 24.5 Å². The fourth-order valence-electron chi connectivity index (χ4n) is 4.52. The summed E-state index contributed by atoms with van der Waals surface area (Å²) in [4.78, 5) is 0. The van der Waals surface area contributed by atoms with E-state index in [1.165, 1.54) is 0 Å². The van der Waals surface area contributed by atoms with Crippen LogP contribution in [0.4, 0.5) is 0 Å². The minimum Gasteiger partial charge on any atom is -0.387 e. The van der Waals surface area contributed by atoms with Gasteiger partial charge >= 0.3 is 0 Å². The smallest absolute Gasteiger partial charge is 0.143 e. The van der Waals surface area contributed by atoms with Gasteiger partial charge in [0.1, 0.15) is 30.0 Å². The van der Waals surface area contributed by atoms with Crippen LogP contribution >= 0.6 is 0 Å². The molecule has 5 nitrogen and oxygen atoms in total. The molecule has 168 valence electrons. The van der Waals surface area contributed by atoms with E-state index in [1.807, 2.05) is 54.6 Å². The summed E-state index contributed by atoms with van der Waals surface area (Å²) < 4.78 is 23.6. The van der Waals surface area contributed by atoms with Crippen LogP contribution in [0.15, 0.2) is 91.0 Å². The lowest BCUT2D eigenvalue weighted by molar-refractivity contribution is -0.0905. The van der Waals surface area contributed by atoms with Crippen molar-refractivity contribution in [3.63, 3.8) is 0 Å². The van der Waals surface area contributed by atoms with E-state index < -0.39 is 23.9 Å². The standard InChI is InChI=1S/C27H30O5/c1-29-18-24-26(30-2)25(28)23(32-24)19-31-27(20-12-6-3-7-13-20,21-14-8-4-9-15-21)22-16-10-5-11-17-22/h3-17,23-26,28H,18-19H2,1-2H3/t23-,24+,25-,26-/m1/s1. The summed E-state index contributed by atoms with van der Waals surface area (Å²) in [6.07, 6.45) is -2.19. The van der Waals surface area contributed by atoms with Gasteiger partial charge in [-0.2, -0.15) is 0 Å². The first-order chi connectivity index (χ1) is 15.7. The van der Waals surface area contributed by atoms with Crippen LogP contribution in [0.1, 0.15) is 16.7 Å². The van der Waals surface area contributed by atoms with Gasteiger partial charge in [0.25, 0.3) is 0 Å². The van der Waals surface area contributed by atoms with Crippen molar-refractivity contribution in [2.75, 3.05) is 27.4 Å². The molecule has 32 heavy (non-hydrogen) atoms. The minimum atomic E-state index is -0.866. The van der Waals surface area contributed by atoms with Gasteiger partial charge in [0.05, 0.1) is 13.2 Å². The van der Waals surface area contributed by atoms with E-state index in [9.17, 15) is 5.11 Å². The number of rotatable bonds is 9. The fourth-order valence-corrected chi connectivity index (χ4v) is 4.52. The normalized spacial score (nSPS) is 23.3. The Hall–Kier alpha value is -2.54. The number of hydrogen-bond acceptors (Lipinski definition) is 5. The van der Waals surface area contributed by atoms with E-state index in [2.05, 4.69) is 36.4 Å². The van der Waals surface area contributed by atoms with Crippen LogP contribution in [0.25, 0.3) is 0 Å². The second-order valence-electron chi connectivity index (χ2n) is 7.95. The second kappa shape index (κ2) is 10.4. The highest BCUT2D eigenvalue weighted by atomic mass is 16.6. The molecule has 1 saturated heterocycles. The highest BCUT2D eigenvalue weighted by Gasteiger charge is 2.46. The molecule has 1 aliphatic heterocycles. The lowest BCUT2D eigenvalue weighted by atomic mass is 9.80. The molecule has 1 heterocycles. The molecule has 4 atom stereocenters. The zero-order valence-corrected chi connectivity index (χ0v) is 18.5. The van der Waals surface area contributed by atoms with Gasteiger partial charge in [-0.1, -0.05) is 91.0 Å². The molecule has 0 radical (unpaired) electrons. The Bertz CT molecular complexity index is 851. The summed E-state index contributed by atoms with van der Waals surface area (Å²) in [7, 11) is 3.18. The van der Waals surface area contributed by atoms with Crippen LogP contribution in [0.5, 0.6) is 0 Å². The van der Waals surface area contributed by atoms with Gasteiger partial charge in [0.15, 0.2) is 0 Å². The Labute approximate surface area is 189 Å². The van der Waals surface area contributed by atoms with E-state index >= 15 is 0 Å². The largest absolute Gasteiger partial charge is 0.387 e. The van der Waals surface area contributed by atoms with Crippen LogP contribution in [0.3, 0.4) is 0 Å². The minimum absolute atomic E-state index is 0.180. The first kappa shape index (κ1) is 22.6. The number of hydrogen-bond donors (Lipinski definition) is 1. The SMILES string of the molecule is COC[C@@H]1O[C@H](COC(c2ccccc2)(c2ccccc2)c2ccccc2)[C@@H](O)[C@@H]1OC. The van der Waals surface area contributed by atoms with Crippen molar-refractivity contribution in [3.8, 4) is 0 Å². The summed E-state index contributed by atoms with van der Waals surface area (Å²) in [6, 6.07) is 30.4. The Balaban J connectivity index is 1.74. The molecule has 3 aromatic rings. The maximum absolute atomic E-state index is 10.9. The molecule has 1 fully saturated rings. The molecule has 4 rings (SSSR count). The maximum Gasteiger partial charge on any atom is 0.143 e. The molecule has 0 amide bonds. The molecular weight excluding hydrogens is 404 g/mol. The molecule has 0 bridgehead atoms. The second-order valence-corrected chi connectivity index (χ2v) is 7.95. The van der Waals surface area contributed by atoms with Crippen LogP contribution in [-0.4, -0.2) is 57.0 Å². The molecule has 1 aliphatic rings. The lowest BCUT2D eigenvalue weighted by Gasteiger charge is -2.37. The van der Waals surface area contributed by atoms with Gasteiger partial charge in [-0.3, -0.25) is 0 Å². The Morgan fingerprint density at radius 3 is 1.59 bits per heavy atom. The van der Waals surface area contributed by atoms with Crippen LogP contribution < -0.4 is 0 Å². The Morgan fingerprint density at radius 2 is 1.19 bits per heavy atom. The molecule has 0 spiro atoms. The van der Waals surface area contributed by atoms with Gasteiger partial charge in [0, 0.05) is 14.2 Å². The van der Waals surface area contributed by atoms with E-state index in [0.717, 1.165) is 16.7 Å². The highest BCUT2D eigenvalue weighted by molar-refractivity contribution is 5.47. The first-order valence-corrected chi connectivity index (χ1v) is 10.9. The summed E-state index contributed by atoms with van der Waals surface area (Å²) in [5.41, 5.74) is 2.14. The van der Waals surface area contributed by atoms with Crippen LogP contribution in [0, 0.1) is 0 Å². The molecular formula is C27H30O5. The predicted octanol–water partition coefficient (Wildman–Crippen LogP) is 3.78. The number of ether oxygens (including phenoxy) is 4. The molecule has 1 N–H and O–H groups in total. The number of aliphatic hydroxyl groups excluding tert-OH is 1. The van der Waals surface area contributed by atoms with Crippen molar-refractivity contribution in [1.29, 1.82) is 0 Å². The average molecular weight is 435 g/mol. The number of aliphatic hydroxyl groups is 1. The zero-order chi connectivity index (χ0) is 22.4. The quantitative estimate of drug-likeness (QED) is 0.520. The molecule has 5 heteroatoms. The summed E-state index contributed by atoms with van der Waals surface area (Å²) in [5.74, 6) is 0. The maximum atomic E-state index is 10.9. The monoisotopic (exact) mass is 434 g/mol. The van der Waals surface area contributed by atoms with Crippen molar-refractivity contribution in [2.24, 2.45) is 0 Å². The van der Waals surface area contributed by atoms with Gasteiger partial charge in [-0.05, 0) is 16.7 Å². The third kappa shape index (κ3) is 4.35. The number of methoxy groups -OCH3 is 2. The van der Waals surface area contributed by atoms with Crippen molar-refractivity contribution < 1.29 is 24.1 Å². The summed E-state index contributed by atoms with van der Waals surface area (Å²) in [6.45, 7) is 0.521. The molecule has 0 aromatic heterocycles. The van der Waals surface area contributed by atoms with E-state index in [-0.39, 0.29) is 12.7 Å². The Kier molecular flexibility index (Phi) is 7.35. The third-order valence-electron chi connectivity index (χ3n) is 6.04. The summed E-state index contributed by atoms with van der Waals surface area (Å²) >= 11 is 0. The highest BCUT2D eigenvalue weighted by Crippen LogP contribution is 2.41. The van der Waals surface area contributed by atoms with Crippen molar-refractivity contribution in [2.45, 2.75) is 30.0 Å². The van der Waals surface area contributed by atoms with Crippen molar-refractivity contribution in [3.05, 3.63) is 108 Å². The van der Waals surface area contributed by atoms with E-state index in [1.54, 1.807) is 14.2 Å².